The molecule has 1 atom stereocenters. The highest BCUT2D eigenvalue weighted by Crippen LogP contribution is 2.42. The van der Waals surface area contributed by atoms with Crippen molar-refractivity contribution in [3.63, 3.8) is 0 Å². The van der Waals surface area contributed by atoms with E-state index in [1.807, 2.05) is 6.07 Å². The van der Waals surface area contributed by atoms with E-state index in [2.05, 4.69) is 4.99 Å². The summed E-state index contributed by atoms with van der Waals surface area (Å²) >= 11 is 0. The van der Waals surface area contributed by atoms with E-state index in [1.54, 1.807) is 55.5 Å². The molecular formula is C19H14N2O4. The third kappa shape index (κ3) is 2.04. The number of rotatable bonds is 4. The van der Waals surface area contributed by atoms with Crippen LogP contribution >= 0.6 is 0 Å². The molecule has 2 amide bonds. The van der Waals surface area contributed by atoms with Crippen LogP contribution in [0.2, 0.25) is 0 Å². The largest absolute Gasteiger partial charge is 0.462 e. The molecule has 124 valence electrons. The van der Waals surface area contributed by atoms with Crippen LogP contribution in [0.4, 0.5) is 0 Å². The molecule has 2 aliphatic heterocycles. The summed E-state index contributed by atoms with van der Waals surface area (Å²) in [4.78, 5) is 43.4. The number of benzene rings is 2. The fourth-order valence-corrected chi connectivity index (χ4v) is 3.10. The molecule has 6 heteroatoms. The normalized spacial score (nSPS) is 21.0. The van der Waals surface area contributed by atoms with Gasteiger partial charge in [-0.3, -0.25) is 9.59 Å². The molecule has 0 radical (unpaired) electrons. The van der Waals surface area contributed by atoms with Crippen LogP contribution < -0.4 is 0 Å². The zero-order valence-corrected chi connectivity index (χ0v) is 13.4. The SMILES string of the molecule is CCOC(=O)C1(N2C(=O)c3ccccc3C2=O)N=C1c1ccccc1. The predicted octanol–water partition coefficient (Wildman–Crippen LogP) is 2.04. The lowest BCUT2D eigenvalue weighted by Gasteiger charge is -2.23. The Morgan fingerprint density at radius 3 is 2.12 bits per heavy atom. The summed E-state index contributed by atoms with van der Waals surface area (Å²) in [6, 6.07) is 15.5. The molecule has 2 aromatic carbocycles. The molecule has 2 aliphatic rings. The van der Waals surface area contributed by atoms with Gasteiger partial charge in [-0.2, -0.15) is 0 Å². The maximum Gasteiger partial charge on any atom is 0.362 e. The van der Waals surface area contributed by atoms with Crippen molar-refractivity contribution < 1.29 is 19.1 Å². The lowest BCUT2D eigenvalue weighted by Crippen LogP contribution is -2.52. The number of hydrogen-bond acceptors (Lipinski definition) is 5. The monoisotopic (exact) mass is 334 g/mol. The number of carbonyl (C=O) groups excluding carboxylic acids is 3. The molecule has 0 spiro atoms. The topological polar surface area (TPSA) is 76.0 Å². The lowest BCUT2D eigenvalue weighted by atomic mass is 10.0. The molecule has 0 saturated carbocycles. The molecule has 4 rings (SSSR count). The number of imide groups is 1. The first-order valence-corrected chi connectivity index (χ1v) is 7.92. The Morgan fingerprint density at radius 1 is 1.00 bits per heavy atom. The third-order valence-electron chi connectivity index (χ3n) is 4.28. The minimum atomic E-state index is -1.70. The van der Waals surface area contributed by atoms with Crippen molar-refractivity contribution >= 4 is 23.5 Å². The predicted molar refractivity (Wildman–Crippen MR) is 89.3 cm³/mol. The molecule has 0 fully saturated rings. The zero-order chi connectivity index (χ0) is 17.6. The van der Waals surface area contributed by atoms with Crippen LogP contribution in [-0.4, -0.2) is 40.7 Å². The highest BCUT2D eigenvalue weighted by atomic mass is 16.5. The number of ether oxygens (including phenoxy) is 1. The summed E-state index contributed by atoms with van der Waals surface area (Å²) in [6.45, 7) is 1.79. The van der Waals surface area contributed by atoms with Gasteiger partial charge in [-0.05, 0) is 19.1 Å². The van der Waals surface area contributed by atoms with Gasteiger partial charge >= 0.3 is 5.97 Å². The number of esters is 1. The van der Waals surface area contributed by atoms with E-state index in [9.17, 15) is 14.4 Å². The van der Waals surface area contributed by atoms with Crippen molar-refractivity contribution in [3.05, 3.63) is 71.3 Å². The average molecular weight is 334 g/mol. The van der Waals surface area contributed by atoms with Gasteiger partial charge in [-0.1, -0.05) is 42.5 Å². The molecule has 0 N–H and O–H groups in total. The van der Waals surface area contributed by atoms with Gasteiger partial charge in [0, 0.05) is 5.56 Å². The fourth-order valence-electron chi connectivity index (χ4n) is 3.10. The summed E-state index contributed by atoms with van der Waals surface area (Å²) < 4.78 is 5.13. The number of amides is 2. The number of aliphatic imine (C=N–C) groups is 1. The highest BCUT2D eigenvalue weighted by molar-refractivity contribution is 6.35. The van der Waals surface area contributed by atoms with Gasteiger partial charge in [-0.25, -0.2) is 14.7 Å². The Kier molecular flexibility index (Phi) is 3.28. The zero-order valence-electron chi connectivity index (χ0n) is 13.4. The molecule has 0 saturated heterocycles. The quantitative estimate of drug-likeness (QED) is 0.633. The van der Waals surface area contributed by atoms with E-state index >= 15 is 0 Å². The van der Waals surface area contributed by atoms with Gasteiger partial charge in [0.25, 0.3) is 17.5 Å². The number of nitrogens with zero attached hydrogens (tertiary/aromatic N) is 2. The smallest absolute Gasteiger partial charge is 0.362 e. The van der Waals surface area contributed by atoms with Crippen molar-refractivity contribution in [1.29, 1.82) is 0 Å². The Labute approximate surface area is 143 Å². The molecule has 0 aromatic heterocycles. The average Bonchev–Trinajstić information content (AvgIpc) is 3.33. The van der Waals surface area contributed by atoms with Crippen LogP contribution in [0.1, 0.15) is 33.2 Å². The number of carbonyl (C=O) groups is 3. The first-order chi connectivity index (χ1) is 12.1. The van der Waals surface area contributed by atoms with E-state index in [-0.39, 0.29) is 17.7 Å². The van der Waals surface area contributed by atoms with Crippen LogP contribution in [0.15, 0.2) is 59.6 Å². The standard InChI is InChI=1S/C19H14N2O4/c1-2-25-18(24)19(15(20-19)12-8-4-3-5-9-12)21-16(22)13-10-6-7-11-14(13)17(21)23/h3-11H,2H2,1H3. The van der Waals surface area contributed by atoms with E-state index in [0.29, 0.717) is 11.3 Å². The first kappa shape index (κ1) is 15.3. The summed E-state index contributed by atoms with van der Waals surface area (Å²) in [5, 5.41) is 0. The highest BCUT2D eigenvalue weighted by Gasteiger charge is 2.66. The van der Waals surface area contributed by atoms with Crippen molar-refractivity contribution in [1.82, 2.24) is 4.90 Å². The molecule has 25 heavy (non-hydrogen) atoms. The Morgan fingerprint density at radius 2 is 1.56 bits per heavy atom. The molecule has 6 nitrogen and oxygen atoms in total. The summed E-state index contributed by atoms with van der Waals surface area (Å²) in [6.07, 6.45) is 0. The van der Waals surface area contributed by atoms with Gasteiger partial charge in [0.15, 0.2) is 0 Å². The minimum Gasteiger partial charge on any atom is -0.462 e. The Bertz CT molecular complexity index is 900. The Balaban J connectivity index is 1.79. The van der Waals surface area contributed by atoms with Crippen LogP contribution in [0.3, 0.4) is 0 Å². The number of hydrogen-bond donors (Lipinski definition) is 0. The van der Waals surface area contributed by atoms with Crippen molar-refractivity contribution in [2.45, 2.75) is 12.6 Å². The molecular weight excluding hydrogens is 320 g/mol. The molecule has 0 aliphatic carbocycles. The van der Waals surface area contributed by atoms with Crippen molar-refractivity contribution in [2.75, 3.05) is 6.61 Å². The Hall–Kier alpha value is -3.28. The maximum atomic E-state index is 12.8. The van der Waals surface area contributed by atoms with Crippen molar-refractivity contribution in [2.24, 2.45) is 4.99 Å². The van der Waals surface area contributed by atoms with Gasteiger partial charge in [-0.15, -0.1) is 0 Å². The second kappa shape index (κ2) is 5.37. The summed E-state index contributed by atoms with van der Waals surface area (Å²) in [5.41, 5.74) is -0.130. The third-order valence-corrected chi connectivity index (χ3v) is 4.28. The minimum absolute atomic E-state index is 0.126. The van der Waals surface area contributed by atoms with E-state index in [0.717, 1.165) is 4.90 Å². The van der Waals surface area contributed by atoms with E-state index < -0.39 is 23.4 Å². The number of fused-ring (bicyclic) bond motifs is 1. The summed E-state index contributed by atoms with van der Waals surface area (Å²) in [7, 11) is 0. The van der Waals surface area contributed by atoms with Crippen LogP contribution in [0, 0.1) is 0 Å². The first-order valence-electron chi connectivity index (χ1n) is 7.92. The molecule has 2 aromatic rings. The summed E-state index contributed by atoms with van der Waals surface area (Å²) in [5.74, 6) is -1.80. The van der Waals surface area contributed by atoms with Gasteiger partial charge in [0.2, 0.25) is 0 Å². The molecule has 0 bridgehead atoms. The van der Waals surface area contributed by atoms with Crippen LogP contribution in [0.25, 0.3) is 0 Å². The van der Waals surface area contributed by atoms with E-state index in [1.165, 1.54) is 0 Å². The van der Waals surface area contributed by atoms with Gasteiger partial charge < -0.3 is 4.74 Å². The maximum absolute atomic E-state index is 12.8. The molecule has 2 heterocycles. The second-order valence-electron chi connectivity index (χ2n) is 5.71. The van der Waals surface area contributed by atoms with Gasteiger partial charge in [0.05, 0.1) is 17.7 Å². The second-order valence-corrected chi connectivity index (χ2v) is 5.71. The lowest BCUT2D eigenvalue weighted by molar-refractivity contribution is -0.148. The molecule has 1 unspecified atom stereocenters. The fraction of sp³-hybridized carbons (Fsp3) is 0.158. The van der Waals surface area contributed by atoms with Crippen LogP contribution in [0.5, 0.6) is 0 Å². The van der Waals surface area contributed by atoms with E-state index in [4.69, 9.17) is 4.74 Å². The van der Waals surface area contributed by atoms with Crippen LogP contribution in [-0.2, 0) is 9.53 Å². The van der Waals surface area contributed by atoms with Crippen molar-refractivity contribution in [3.8, 4) is 0 Å². The van der Waals surface area contributed by atoms with Gasteiger partial charge in [0.1, 0.15) is 5.71 Å².